The number of carbonyl (C=O) groups is 1. The largest absolute Gasteiger partial charge is 0.336 e. The third-order valence-corrected chi connectivity index (χ3v) is 3.59. The van der Waals surface area contributed by atoms with Crippen molar-refractivity contribution < 1.29 is 9.18 Å². The quantitative estimate of drug-likeness (QED) is 0.835. The molecule has 0 aliphatic carbocycles. The zero-order chi connectivity index (χ0) is 13.8. The monoisotopic (exact) mass is 264 g/mol. The smallest absolute Gasteiger partial charge is 0.256 e. The van der Waals surface area contributed by atoms with Crippen molar-refractivity contribution in [3.8, 4) is 0 Å². The van der Waals surface area contributed by atoms with Gasteiger partial charge in [-0.15, -0.1) is 0 Å². The number of carbonyl (C=O) groups excluding carboxylic acids is 1. The van der Waals surface area contributed by atoms with Crippen LogP contribution in [0.3, 0.4) is 0 Å². The third-order valence-electron chi connectivity index (χ3n) is 3.59. The Labute approximate surface area is 114 Å². The maximum Gasteiger partial charge on any atom is 0.256 e. The highest BCUT2D eigenvalue weighted by atomic mass is 19.1. The summed E-state index contributed by atoms with van der Waals surface area (Å²) >= 11 is 0. The van der Waals surface area contributed by atoms with E-state index in [1.807, 2.05) is 7.05 Å². The van der Waals surface area contributed by atoms with E-state index in [2.05, 4.69) is 11.8 Å². The summed E-state index contributed by atoms with van der Waals surface area (Å²) in [6.45, 7) is 5.12. The predicted octanol–water partition coefficient (Wildman–Crippen LogP) is 2.17. The molecule has 1 fully saturated rings. The van der Waals surface area contributed by atoms with Crippen LogP contribution < -0.4 is 0 Å². The molecule has 0 N–H and O–H groups in total. The number of hydrogen-bond donors (Lipinski definition) is 0. The van der Waals surface area contributed by atoms with Crippen LogP contribution >= 0.6 is 0 Å². The summed E-state index contributed by atoms with van der Waals surface area (Å²) in [5.74, 6) is -0.590. The molecule has 1 amide bonds. The van der Waals surface area contributed by atoms with Gasteiger partial charge in [-0.25, -0.2) is 4.39 Å². The standard InChI is InChI=1S/C15H21FN2O/c1-3-4-12-5-6-14(16)13(11-12)15(19)18-9-7-17(2)8-10-18/h5-6,11H,3-4,7-10H2,1-2H3. The molecule has 104 valence electrons. The number of nitrogens with zero attached hydrogens (tertiary/aromatic N) is 2. The first kappa shape index (κ1) is 14.0. The van der Waals surface area contributed by atoms with Crippen molar-refractivity contribution >= 4 is 5.91 Å². The van der Waals surface area contributed by atoms with Crippen molar-refractivity contribution in [1.29, 1.82) is 0 Å². The zero-order valence-corrected chi connectivity index (χ0v) is 11.7. The molecule has 0 radical (unpaired) electrons. The summed E-state index contributed by atoms with van der Waals surface area (Å²) in [5.41, 5.74) is 1.25. The predicted molar refractivity (Wildman–Crippen MR) is 73.8 cm³/mol. The number of amides is 1. The van der Waals surface area contributed by atoms with Crippen molar-refractivity contribution in [2.45, 2.75) is 19.8 Å². The second-order valence-electron chi connectivity index (χ2n) is 5.16. The van der Waals surface area contributed by atoms with Gasteiger partial charge in [0.25, 0.3) is 5.91 Å². The normalized spacial score (nSPS) is 16.7. The molecular weight excluding hydrogens is 243 g/mol. The molecule has 0 atom stereocenters. The van der Waals surface area contributed by atoms with Crippen molar-refractivity contribution in [3.63, 3.8) is 0 Å². The Kier molecular flexibility index (Phi) is 4.53. The van der Waals surface area contributed by atoms with Gasteiger partial charge in [-0.1, -0.05) is 19.4 Å². The Balaban J connectivity index is 2.15. The molecule has 1 aliphatic heterocycles. The molecule has 2 rings (SSSR count). The van der Waals surface area contributed by atoms with Crippen LogP contribution in [0.15, 0.2) is 18.2 Å². The van der Waals surface area contributed by atoms with Gasteiger partial charge in [-0.05, 0) is 31.2 Å². The molecule has 0 bridgehead atoms. The van der Waals surface area contributed by atoms with E-state index in [0.29, 0.717) is 13.1 Å². The van der Waals surface area contributed by atoms with Gasteiger partial charge in [0.05, 0.1) is 5.56 Å². The maximum atomic E-state index is 13.8. The Hall–Kier alpha value is -1.42. The summed E-state index contributed by atoms with van der Waals surface area (Å²) in [7, 11) is 2.03. The Morgan fingerprint density at radius 1 is 1.26 bits per heavy atom. The van der Waals surface area contributed by atoms with Gasteiger partial charge in [0.2, 0.25) is 0 Å². The SMILES string of the molecule is CCCc1ccc(F)c(C(=O)N2CCN(C)CC2)c1. The molecule has 0 unspecified atom stereocenters. The van der Waals surface area contributed by atoms with E-state index in [0.717, 1.165) is 31.5 Å². The fourth-order valence-corrected chi connectivity index (χ4v) is 2.36. The van der Waals surface area contributed by atoms with Crippen LogP contribution in [0.25, 0.3) is 0 Å². The van der Waals surface area contributed by atoms with Gasteiger partial charge < -0.3 is 9.80 Å². The fourth-order valence-electron chi connectivity index (χ4n) is 2.36. The maximum absolute atomic E-state index is 13.8. The highest BCUT2D eigenvalue weighted by molar-refractivity contribution is 5.94. The number of aryl methyl sites for hydroxylation is 1. The molecule has 19 heavy (non-hydrogen) atoms. The average Bonchev–Trinajstić information content (AvgIpc) is 2.41. The van der Waals surface area contributed by atoms with E-state index in [9.17, 15) is 9.18 Å². The molecule has 4 heteroatoms. The van der Waals surface area contributed by atoms with E-state index >= 15 is 0 Å². The molecule has 1 aliphatic rings. The van der Waals surface area contributed by atoms with Gasteiger partial charge in [0, 0.05) is 26.2 Å². The van der Waals surface area contributed by atoms with Gasteiger partial charge in [0.1, 0.15) is 5.82 Å². The highest BCUT2D eigenvalue weighted by Gasteiger charge is 2.22. The number of piperazine rings is 1. The lowest BCUT2D eigenvalue weighted by Gasteiger charge is -2.32. The number of halogens is 1. The van der Waals surface area contributed by atoms with Gasteiger partial charge in [-0.3, -0.25) is 4.79 Å². The van der Waals surface area contributed by atoms with Gasteiger partial charge in [-0.2, -0.15) is 0 Å². The summed E-state index contributed by atoms with van der Waals surface area (Å²) in [6.07, 6.45) is 1.87. The minimum absolute atomic E-state index is 0.177. The van der Waals surface area contributed by atoms with Crippen molar-refractivity contribution in [1.82, 2.24) is 9.80 Å². The fraction of sp³-hybridized carbons (Fsp3) is 0.533. The lowest BCUT2D eigenvalue weighted by molar-refractivity contribution is 0.0659. The molecule has 1 aromatic rings. The number of rotatable bonds is 3. The third kappa shape index (κ3) is 3.32. The summed E-state index contributed by atoms with van der Waals surface area (Å²) in [4.78, 5) is 16.3. The van der Waals surface area contributed by atoms with Gasteiger partial charge in [0.15, 0.2) is 0 Å². The molecule has 1 heterocycles. The second kappa shape index (κ2) is 6.15. The molecule has 3 nitrogen and oxygen atoms in total. The van der Waals surface area contributed by atoms with E-state index in [1.54, 1.807) is 17.0 Å². The molecule has 1 aromatic carbocycles. The van der Waals surface area contributed by atoms with Crippen LogP contribution in [-0.4, -0.2) is 48.9 Å². The van der Waals surface area contributed by atoms with Crippen LogP contribution in [0.4, 0.5) is 4.39 Å². The average molecular weight is 264 g/mol. The van der Waals surface area contributed by atoms with E-state index in [4.69, 9.17) is 0 Å². The minimum atomic E-state index is -0.413. The summed E-state index contributed by atoms with van der Waals surface area (Å²) < 4.78 is 13.8. The zero-order valence-electron chi connectivity index (χ0n) is 11.7. The molecule has 0 spiro atoms. The van der Waals surface area contributed by atoms with Crippen LogP contribution in [0, 0.1) is 5.82 Å². The first-order valence-electron chi connectivity index (χ1n) is 6.88. The van der Waals surface area contributed by atoms with Crippen LogP contribution in [0.2, 0.25) is 0 Å². The first-order valence-corrected chi connectivity index (χ1v) is 6.88. The number of hydrogen-bond acceptors (Lipinski definition) is 2. The number of benzene rings is 1. The second-order valence-corrected chi connectivity index (χ2v) is 5.16. The van der Waals surface area contributed by atoms with E-state index in [-0.39, 0.29) is 11.5 Å². The van der Waals surface area contributed by atoms with E-state index in [1.165, 1.54) is 6.07 Å². The Morgan fingerprint density at radius 3 is 2.58 bits per heavy atom. The van der Waals surface area contributed by atoms with E-state index < -0.39 is 5.82 Å². The topological polar surface area (TPSA) is 23.6 Å². The molecule has 1 saturated heterocycles. The molecular formula is C15H21FN2O. The minimum Gasteiger partial charge on any atom is -0.336 e. The van der Waals surface area contributed by atoms with Crippen LogP contribution in [0.5, 0.6) is 0 Å². The van der Waals surface area contributed by atoms with Crippen molar-refractivity contribution in [3.05, 3.63) is 35.1 Å². The summed E-state index contributed by atoms with van der Waals surface area (Å²) in [5, 5.41) is 0. The molecule has 0 saturated carbocycles. The molecule has 0 aromatic heterocycles. The lowest BCUT2D eigenvalue weighted by atomic mass is 10.1. The van der Waals surface area contributed by atoms with Gasteiger partial charge >= 0.3 is 0 Å². The van der Waals surface area contributed by atoms with Crippen molar-refractivity contribution in [2.24, 2.45) is 0 Å². The van der Waals surface area contributed by atoms with Crippen LogP contribution in [-0.2, 0) is 6.42 Å². The lowest BCUT2D eigenvalue weighted by Crippen LogP contribution is -2.47. The first-order chi connectivity index (χ1) is 9.11. The Morgan fingerprint density at radius 2 is 1.95 bits per heavy atom. The highest BCUT2D eigenvalue weighted by Crippen LogP contribution is 2.15. The van der Waals surface area contributed by atoms with Crippen LogP contribution in [0.1, 0.15) is 29.3 Å². The van der Waals surface area contributed by atoms with Crippen molar-refractivity contribution in [2.75, 3.05) is 33.2 Å². The summed E-state index contributed by atoms with van der Waals surface area (Å²) in [6, 6.07) is 4.88. The Bertz CT molecular complexity index is 453. The number of likely N-dealkylation sites (N-methyl/N-ethyl adjacent to an activating group) is 1.